The van der Waals surface area contributed by atoms with Gasteiger partial charge in [-0.25, -0.2) is 8.78 Å². The van der Waals surface area contributed by atoms with Gasteiger partial charge in [0.2, 0.25) is 18.4 Å². The predicted octanol–water partition coefficient (Wildman–Crippen LogP) is 6.33. The SMILES string of the molecule is CCc1cc(F)cc(CC)c1NC(=O)CN1C[C@H](c2cc(F)c3c(c2)OCO3)C(C(=O)O)[C@@H]1c1ccc(OCC(C)C)cc1. The van der Waals surface area contributed by atoms with Gasteiger partial charge in [-0.2, -0.15) is 0 Å². The Morgan fingerprint density at radius 1 is 1.02 bits per heavy atom. The first kappa shape index (κ1) is 31.3. The van der Waals surface area contributed by atoms with Crippen LogP contribution < -0.4 is 19.5 Å². The number of hydrogen-bond acceptors (Lipinski definition) is 6. The first-order valence-electron chi connectivity index (χ1n) is 15.0. The van der Waals surface area contributed by atoms with Crippen molar-refractivity contribution >= 4 is 17.6 Å². The molecule has 2 heterocycles. The Morgan fingerprint density at radius 2 is 1.70 bits per heavy atom. The number of aryl methyl sites for hydroxylation is 2. The van der Waals surface area contributed by atoms with Crippen LogP contribution >= 0.6 is 0 Å². The number of carbonyl (C=O) groups excluding carboxylic acids is 1. The number of nitrogens with zero attached hydrogens (tertiary/aromatic N) is 1. The Morgan fingerprint density at radius 3 is 2.32 bits per heavy atom. The van der Waals surface area contributed by atoms with E-state index >= 15 is 0 Å². The maximum absolute atomic E-state index is 15.0. The molecule has 10 heteroatoms. The lowest BCUT2D eigenvalue weighted by Crippen LogP contribution is -2.35. The first-order valence-corrected chi connectivity index (χ1v) is 15.0. The highest BCUT2D eigenvalue weighted by Gasteiger charge is 2.48. The van der Waals surface area contributed by atoms with Gasteiger partial charge in [-0.15, -0.1) is 0 Å². The Kier molecular flexibility index (Phi) is 9.39. The van der Waals surface area contributed by atoms with E-state index in [0.29, 0.717) is 59.1 Å². The van der Waals surface area contributed by atoms with Crippen LogP contribution in [-0.2, 0) is 22.4 Å². The molecule has 234 valence electrons. The summed E-state index contributed by atoms with van der Waals surface area (Å²) in [5.74, 6) is -2.87. The summed E-state index contributed by atoms with van der Waals surface area (Å²) in [6.45, 7) is 8.33. The van der Waals surface area contributed by atoms with E-state index in [2.05, 4.69) is 5.32 Å². The standard InChI is InChI=1S/C34H38F2N2O6/c1-5-20-11-24(35)12-21(6-2)31(20)37-29(39)16-38-15-26(23-13-27(36)33-28(14-23)43-18-44-33)30(34(40)41)32(38)22-7-9-25(10-8-22)42-17-19(3)4/h7-14,19,26,30,32H,5-6,15-18H2,1-4H3,(H,37,39)(H,40,41)/t26-,30?,32+/m1/s1. The molecule has 2 N–H and O–H groups in total. The number of ether oxygens (including phenoxy) is 3. The highest BCUT2D eigenvalue weighted by Crippen LogP contribution is 2.48. The predicted molar refractivity (Wildman–Crippen MR) is 161 cm³/mol. The van der Waals surface area contributed by atoms with Crippen molar-refractivity contribution in [1.29, 1.82) is 0 Å². The summed E-state index contributed by atoms with van der Waals surface area (Å²) in [4.78, 5) is 28.3. The number of carboxylic acids is 1. The average Bonchev–Trinajstić information content (AvgIpc) is 3.62. The molecule has 8 nitrogen and oxygen atoms in total. The third-order valence-electron chi connectivity index (χ3n) is 8.21. The number of benzene rings is 3. The highest BCUT2D eigenvalue weighted by molar-refractivity contribution is 5.94. The maximum atomic E-state index is 15.0. The van der Waals surface area contributed by atoms with Crippen molar-refractivity contribution in [3.63, 3.8) is 0 Å². The maximum Gasteiger partial charge on any atom is 0.309 e. The van der Waals surface area contributed by atoms with E-state index in [1.54, 1.807) is 18.2 Å². The van der Waals surface area contributed by atoms with Crippen molar-refractivity contribution in [2.24, 2.45) is 11.8 Å². The molecule has 0 radical (unpaired) electrons. The van der Waals surface area contributed by atoms with E-state index in [4.69, 9.17) is 14.2 Å². The van der Waals surface area contributed by atoms with E-state index in [0.717, 1.165) is 0 Å². The normalized spacial score (nSPS) is 19.4. The van der Waals surface area contributed by atoms with Crippen LogP contribution in [0, 0.1) is 23.5 Å². The van der Waals surface area contributed by atoms with E-state index in [1.807, 2.05) is 44.7 Å². The van der Waals surface area contributed by atoms with Gasteiger partial charge in [0, 0.05) is 24.2 Å². The summed E-state index contributed by atoms with van der Waals surface area (Å²) in [7, 11) is 0. The molecule has 1 saturated heterocycles. The number of aliphatic carboxylic acids is 1. The zero-order chi connectivity index (χ0) is 31.5. The van der Waals surface area contributed by atoms with Crippen molar-refractivity contribution < 1.29 is 37.7 Å². The molecule has 44 heavy (non-hydrogen) atoms. The van der Waals surface area contributed by atoms with Crippen molar-refractivity contribution in [2.45, 2.75) is 52.5 Å². The molecule has 3 aromatic carbocycles. The van der Waals surface area contributed by atoms with Crippen LogP contribution in [0.4, 0.5) is 14.5 Å². The summed E-state index contributed by atoms with van der Waals surface area (Å²) < 4.78 is 45.7. The lowest BCUT2D eigenvalue weighted by molar-refractivity contribution is -0.143. The van der Waals surface area contributed by atoms with Crippen molar-refractivity contribution in [3.05, 3.63) is 82.4 Å². The molecule has 2 aliphatic rings. The number of carboxylic acid groups (broad SMARTS) is 1. The Bertz CT molecular complexity index is 1500. The minimum absolute atomic E-state index is 0.00106. The van der Waals surface area contributed by atoms with E-state index in [-0.39, 0.29) is 43.1 Å². The molecule has 3 aromatic rings. The number of hydrogen-bond donors (Lipinski definition) is 2. The van der Waals surface area contributed by atoms with Gasteiger partial charge in [-0.05, 0) is 77.4 Å². The Balaban J connectivity index is 1.49. The zero-order valence-electron chi connectivity index (χ0n) is 25.4. The van der Waals surface area contributed by atoms with Gasteiger partial charge in [-0.1, -0.05) is 39.8 Å². The van der Waals surface area contributed by atoms with Gasteiger partial charge in [-0.3, -0.25) is 14.5 Å². The minimum atomic E-state index is -1.07. The molecule has 0 spiro atoms. The summed E-state index contributed by atoms with van der Waals surface area (Å²) >= 11 is 0. The van der Waals surface area contributed by atoms with Crippen LogP contribution in [0.1, 0.15) is 61.9 Å². The second-order valence-electron chi connectivity index (χ2n) is 11.7. The molecule has 0 bridgehead atoms. The average molecular weight is 609 g/mol. The fourth-order valence-electron chi connectivity index (χ4n) is 6.16. The largest absolute Gasteiger partial charge is 0.493 e. The van der Waals surface area contributed by atoms with Gasteiger partial charge in [0.05, 0.1) is 19.1 Å². The molecule has 0 aliphatic carbocycles. The number of amides is 1. The monoisotopic (exact) mass is 608 g/mol. The quantitative estimate of drug-likeness (QED) is 0.263. The van der Waals surface area contributed by atoms with E-state index in [1.165, 1.54) is 18.2 Å². The third kappa shape index (κ3) is 6.50. The molecule has 1 amide bonds. The molecule has 1 fully saturated rings. The van der Waals surface area contributed by atoms with Crippen LogP contribution in [0.2, 0.25) is 0 Å². The molecule has 3 atom stereocenters. The van der Waals surface area contributed by atoms with Crippen LogP contribution in [0.15, 0.2) is 48.5 Å². The van der Waals surface area contributed by atoms with Crippen molar-refractivity contribution in [2.75, 3.05) is 31.8 Å². The van der Waals surface area contributed by atoms with Gasteiger partial charge in [0.15, 0.2) is 11.6 Å². The van der Waals surface area contributed by atoms with E-state index < -0.39 is 29.7 Å². The van der Waals surface area contributed by atoms with Gasteiger partial charge in [0.1, 0.15) is 11.6 Å². The summed E-state index contributed by atoms with van der Waals surface area (Å²) in [6, 6.07) is 12.3. The van der Waals surface area contributed by atoms with Crippen LogP contribution in [0.25, 0.3) is 0 Å². The molecular weight excluding hydrogens is 570 g/mol. The summed E-state index contributed by atoms with van der Waals surface area (Å²) in [5.41, 5.74) is 3.08. The number of nitrogens with one attached hydrogen (secondary N) is 1. The Hall–Kier alpha value is -4.18. The summed E-state index contributed by atoms with van der Waals surface area (Å²) in [5, 5.41) is 13.5. The number of anilines is 1. The topological polar surface area (TPSA) is 97.3 Å². The van der Waals surface area contributed by atoms with Crippen molar-refractivity contribution in [3.8, 4) is 17.2 Å². The second-order valence-corrected chi connectivity index (χ2v) is 11.7. The minimum Gasteiger partial charge on any atom is -0.493 e. The second kappa shape index (κ2) is 13.2. The van der Waals surface area contributed by atoms with Crippen molar-refractivity contribution in [1.82, 2.24) is 4.90 Å². The number of rotatable bonds is 11. The van der Waals surface area contributed by atoms with Gasteiger partial charge >= 0.3 is 5.97 Å². The van der Waals surface area contributed by atoms with Crippen LogP contribution in [-0.4, -0.2) is 48.4 Å². The number of likely N-dealkylation sites (tertiary alicyclic amines) is 1. The molecule has 0 saturated carbocycles. The van der Waals surface area contributed by atoms with Gasteiger partial charge < -0.3 is 24.6 Å². The smallest absolute Gasteiger partial charge is 0.309 e. The third-order valence-corrected chi connectivity index (χ3v) is 8.21. The molecule has 2 aliphatic heterocycles. The molecule has 0 aromatic heterocycles. The number of fused-ring (bicyclic) bond motifs is 1. The number of halogens is 2. The van der Waals surface area contributed by atoms with Crippen LogP contribution in [0.3, 0.4) is 0 Å². The fraction of sp³-hybridized carbons (Fsp3) is 0.412. The Labute approximate surface area is 255 Å². The summed E-state index contributed by atoms with van der Waals surface area (Å²) in [6.07, 6.45) is 1.05. The van der Waals surface area contributed by atoms with Gasteiger partial charge in [0.25, 0.3) is 0 Å². The highest BCUT2D eigenvalue weighted by atomic mass is 19.1. The first-order chi connectivity index (χ1) is 21.1. The lowest BCUT2D eigenvalue weighted by atomic mass is 9.82. The zero-order valence-corrected chi connectivity index (χ0v) is 25.4. The molecule has 1 unspecified atom stereocenters. The van der Waals surface area contributed by atoms with E-state index in [9.17, 15) is 23.5 Å². The molecule has 5 rings (SSSR count). The number of carbonyl (C=O) groups is 2. The van der Waals surface area contributed by atoms with Crippen LogP contribution in [0.5, 0.6) is 17.2 Å². The fourth-order valence-corrected chi connectivity index (χ4v) is 6.16. The lowest BCUT2D eigenvalue weighted by Gasteiger charge is -2.27. The molecular formula is C34H38F2N2O6.